The summed E-state index contributed by atoms with van der Waals surface area (Å²) in [6, 6.07) is 10.9. The lowest BCUT2D eigenvalue weighted by molar-refractivity contribution is 0.0955. The lowest BCUT2D eigenvalue weighted by Crippen LogP contribution is -2.18. The molecule has 1 amide bonds. The highest BCUT2D eigenvalue weighted by Crippen LogP contribution is 2.33. The predicted molar refractivity (Wildman–Crippen MR) is 106 cm³/mol. The average molecular weight is 370 g/mol. The van der Waals surface area contributed by atoms with Gasteiger partial charge in [-0.15, -0.1) is 0 Å². The van der Waals surface area contributed by atoms with E-state index >= 15 is 0 Å². The molecule has 0 fully saturated rings. The zero-order valence-electron chi connectivity index (χ0n) is 16.6. The van der Waals surface area contributed by atoms with Gasteiger partial charge >= 0.3 is 0 Å². The molecule has 0 aliphatic heterocycles. The Balaban J connectivity index is 2.14. The number of amides is 1. The van der Waals surface area contributed by atoms with Gasteiger partial charge in [0.15, 0.2) is 11.5 Å². The Labute approximate surface area is 160 Å². The molecule has 0 saturated carbocycles. The summed E-state index contributed by atoms with van der Waals surface area (Å²) in [6.45, 7) is 6.38. The molecule has 6 nitrogen and oxygen atoms in total. The SMILES string of the molecule is COc1cc(OC)c(OC)cc1C=NNC(=O)c1ccc(C(C)(C)C)cc1. The van der Waals surface area contributed by atoms with Gasteiger partial charge in [0.1, 0.15) is 5.75 Å². The normalized spacial score (nSPS) is 11.3. The van der Waals surface area contributed by atoms with E-state index in [-0.39, 0.29) is 11.3 Å². The molecular formula is C21H26N2O4. The summed E-state index contributed by atoms with van der Waals surface area (Å²) < 4.78 is 15.9. The number of benzene rings is 2. The fourth-order valence-electron chi connectivity index (χ4n) is 2.50. The first-order valence-corrected chi connectivity index (χ1v) is 8.54. The molecule has 0 bridgehead atoms. The van der Waals surface area contributed by atoms with E-state index in [1.54, 1.807) is 45.6 Å². The number of rotatable bonds is 6. The van der Waals surface area contributed by atoms with Crippen LogP contribution in [0, 0.1) is 0 Å². The predicted octanol–water partition coefficient (Wildman–Crippen LogP) is 3.77. The van der Waals surface area contributed by atoms with E-state index in [1.807, 2.05) is 12.1 Å². The third kappa shape index (κ3) is 5.00. The maximum Gasteiger partial charge on any atom is 0.271 e. The smallest absolute Gasteiger partial charge is 0.271 e. The van der Waals surface area contributed by atoms with Crippen molar-refractivity contribution < 1.29 is 19.0 Å². The van der Waals surface area contributed by atoms with Gasteiger partial charge in [-0.05, 0) is 29.2 Å². The van der Waals surface area contributed by atoms with Crippen molar-refractivity contribution in [1.82, 2.24) is 5.43 Å². The Kier molecular flexibility index (Phi) is 6.45. The lowest BCUT2D eigenvalue weighted by Gasteiger charge is -2.18. The second-order valence-electron chi connectivity index (χ2n) is 6.98. The van der Waals surface area contributed by atoms with Gasteiger partial charge in [0.2, 0.25) is 0 Å². The van der Waals surface area contributed by atoms with Crippen LogP contribution >= 0.6 is 0 Å². The highest BCUT2D eigenvalue weighted by molar-refractivity contribution is 5.95. The molecule has 1 N–H and O–H groups in total. The van der Waals surface area contributed by atoms with Gasteiger partial charge < -0.3 is 14.2 Å². The molecule has 0 radical (unpaired) electrons. The van der Waals surface area contributed by atoms with Crippen molar-refractivity contribution in [2.75, 3.05) is 21.3 Å². The molecule has 0 spiro atoms. The summed E-state index contributed by atoms with van der Waals surface area (Å²) in [7, 11) is 4.65. The van der Waals surface area contributed by atoms with Crippen molar-refractivity contribution in [3.63, 3.8) is 0 Å². The summed E-state index contributed by atoms with van der Waals surface area (Å²) >= 11 is 0. The number of ether oxygens (including phenoxy) is 3. The quantitative estimate of drug-likeness (QED) is 0.621. The highest BCUT2D eigenvalue weighted by atomic mass is 16.5. The number of carbonyl (C=O) groups is 1. The van der Waals surface area contributed by atoms with Crippen LogP contribution in [0.5, 0.6) is 17.2 Å². The lowest BCUT2D eigenvalue weighted by atomic mass is 9.87. The first-order valence-electron chi connectivity index (χ1n) is 8.54. The van der Waals surface area contributed by atoms with E-state index in [4.69, 9.17) is 14.2 Å². The molecule has 2 aromatic rings. The van der Waals surface area contributed by atoms with Crippen molar-refractivity contribution in [1.29, 1.82) is 0 Å². The second-order valence-corrected chi connectivity index (χ2v) is 6.98. The molecule has 0 aliphatic rings. The molecular weight excluding hydrogens is 344 g/mol. The standard InChI is InChI=1S/C21H26N2O4/c1-21(2,3)16-9-7-14(8-10-16)20(24)23-22-13-15-11-18(26-5)19(27-6)12-17(15)25-4/h7-13H,1-6H3,(H,23,24). The van der Waals surface area contributed by atoms with Crippen LogP contribution in [0.3, 0.4) is 0 Å². The van der Waals surface area contributed by atoms with Gasteiger partial charge in [0, 0.05) is 17.2 Å². The third-order valence-electron chi connectivity index (χ3n) is 4.12. The number of hydrazone groups is 1. The first-order chi connectivity index (χ1) is 12.8. The number of nitrogens with zero attached hydrogens (tertiary/aromatic N) is 1. The number of methoxy groups -OCH3 is 3. The summed E-state index contributed by atoms with van der Waals surface area (Å²) in [6.07, 6.45) is 1.50. The molecule has 144 valence electrons. The molecule has 0 atom stereocenters. The number of hydrogen-bond acceptors (Lipinski definition) is 5. The molecule has 2 rings (SSSR count). The van der Waals surface area contributed by atoms with Gasteiger partial charge in [-0.2, -0.15) is 5.10 Å². The Hall–Kier alpha value is -3.02. The van der Waals surface area contributed by atoms with E-state index in [9.17, 15) is 4.79 Å². The molecule has 0 aliphatic carbocycles. The van der Waals surface area contributed by atoms with Crippen molar-refractivity contribution >= 4 is 12.1 Å². The van der Waals surface area contributed by atoms with Crippen LogP contribution in [-0.4, -0.2) is 33.5 Å². The monoisotopic (exact) mass is 370 g/mol. The average Bonchev–Trinajstić information content (AvgIpc) is 2.66. The molecule has 2 aromatic carbocycles. The largest absolute Gasteiger partial charge is 0.496 e. The molecule has 27 heavy (non-hydrogen) atoms. The van der Waals surface area contributed by atoms with Crippen LogP contribution in [0.1, 0.15) is 42.3 Å². The van der Waals surface area contributed by atoms with Crippen LogP contribution in [0.15, 0.2) is 41.5 Å². The maximum atomic E-state index is 12.3. The molecule has 0 aromatic heterocycles. The van der Waals surface area contributed by atoms with Crippen LogP contribution < -0.4 is 19.6 Å². The van der Waals surface area contributed by atoms with Crippen LogP contribution in [0.2, 0.25) is 0 Å². The van der Waals surface area contributed by atoms with Crippen LogP contribution in [0.25, 0.3) is 0 Å². The topological polar surface area (TPSA) is 69.2 Å². The van der Waals surface area contributed by atoms with Crippen molar-refractivity contribution in [3.05, 3.63) is 53.1 Å². The van der Waals surface area contributed by atoms with Crippen LogP contribution in [0.4, 0.5) is 0 Å². The Morgan fingerprint density at radius 1 is 0.926 bits per heavy atom. The van der Waals surface area contributed by atoms with Crippen molar-refractivity contribution in [2.45, 2.75) is 26.2 Å². The third-order valence-corrected chi connectivity index (χ3v) is 4.12. The van der Waals surface area contributed by atoms with E-state index in [1.165, 1.54) is 6.21 Å². The van der Waals surface area contributed by atoms with E-state index in [0.29, 0.717) is 28.4 Å². The zero-order valence-corrected chi connectivity index (χ0v) is 16.6. The fraction of sp³-hybridized carbons (Fsp3) is 0.333. The van der Waals surface area contributed by atoms with E-state index in [0.717, 1.165) is 5.56 Å². The van der Waals surface area contributed by atoms with Gasteiger partial charge in [0.25, 0.3) is 5.91 Å². The summed E-state index contributed by atoms with van der Waals surface area (Å²) in [4.78, 5) is 12.3. The minimum absolute atomic E-state index is 0.0388. The Morgan fingerprint density at radius 3 is 2.00 bits per heavy atom. The number of hydrogen-bond donors (Lipinski definition) is 1. The molecule has 6 heteroatoms. The summed E-state index contributed by atoms with van der Waals surface area (Å²) in [5.41, 5.74) is 4.92. The minimum Gasteiger partial charge on any atom is -0.496 e. The van der Waals surface area contributed by atoms with Gasteiger partial charge in [-0.3, -0.25) is 4.79 Å². The Morgan fingerprint density at radius 2 is 1.48 bits per heavy atom. The highest BCUT2D eigenvalue weighted by Gasteiger charge is 2.14. The van der Waals surface area contributed by atoms with Gasteiger partial charge in [-0.1, -0.05) is 32.9 Å². The van der Waals surface area contributed by atoms with E-state index < -0.39 is 0 Å². The van der Waals surface area contributed by atoms with E-state index in [2.05, 4.69) is 31.3 Å². The van der Waals surface area contributed by atoms with Crippen molar-refractivity contribution in [2.24, 2.45) is 5.10 Å². The number of carbonyl (C=O) groups excluding carboxylic acids is 1. The molecule has 0 unspecified atom stereocenters. The summed E-state index contributed by atoms with van der Waals surface area (Å²) in [5.74, 6) is 1.37. The Bertz CT molecular complexity index is 821. The van der Waals surface area contributed by atoms with Gasteiger partial charge in [-0.25, -0.2) is 5.43 Å². The minimum atomic E-state index is -0.286. The summed E-state index contributed by atoms with van der Waals surface area (Å²) in [5, 5.41) is 4.03. The van der Waals surface area contributed by atoms with Crippen LogP contribution in [-0.2, 0) is 5.41 Å². The number of nitrogens with one attached hydrogen (secondary N) is 1. The van der Waals surface area contributed by atoms with Gasteiger partial charge in [0.05, 0.1) is 27.5 Å². The van der Waals surface area contributed by atoms with Crippen molar-refractivity contribution in [3.8, 4) is 17.2 Å². The zero-order chi connectivity index (χ0) is 20.0. The molecule has 0 heterocycles. The molecule has 0 saturated heterocycles. The second kappa shape index (κ2) is 8.58. The maximum absolute atomic E-state index is 12.3. The first kappa shape index (κ1) is 20.3. The fourth-order valence-corrected chi connectivity index (χ4v) is 2.50.